The Morgan fingerprint density at radius 2 is 1.93 bits per heavy atom. The van der Waals surface area contributed by atoms with Gasteiger partial charge in [0, 0.05) is 49.7 Å². The fraction of sp³-hybridized carbons (Fsp3) is 0.417. The van der Waals surface area contributed by atoms with Gasteiger partial charge in [0.25, 0.3) is 0 Å². The molecular weight excluding hydrogens is 392 g/mol. The maximum atomic E-state index is 12.0. The van der Waals surface area contributed by atoms with E-state index in [2.05, 4.69) is 46.7 Å². The van der Waals surface area contributed by atoms with Gasteiger partial charge in [0.1, 0.15) is 0 Å². The Hall–Kier alpha value is -2.60. The third kappa shape index (κ3) is 5.11. The van der Waals surface area contributed by atoms with E-state index in [9.17, 15) is 4.79 Å². The average Bonchev–Trinajstić information content (AvgIpc) is 3.19. The van der Waals surface area contributed by atoms with Gasteiger partial charge in [-0.15, -0.1) is 0 Å². The molecule has 30 heavy (non-hydrogen) atoms. The van der Waals surface area contributed by atoms with Gasteiger partial charge in [0.05, 0.1) is 0 Å². The summed E-state index contributed by atoms with van der Waals surface area (Å²) in [4.78, 5) is 16.3. The molecule has 2 aromatic carbocycles. The number of hydrogen-bond acceptors (Lipinski definition) is 3. The highest BCUT2D eigenvalue weighted by atomic mass is 32.1. The minimum Gasteiger partial charge on any atom is -0.371 e. The van der Waals surface area contributed by atoms with Crippen LogP contribution in [-0.4, -0.2) is 30.7 Å². The summed E-state index contributed by atoms with van der Waals surface area (Å²) in [5.41, 5.74) is 4.32. The van der Waals surface area contributed by atoms with E-state index in [1.165, 1.54) is 24.1 Å². The van der Waals surface area contributed by atoms with Crippen LogP contribution in [0.1, 0.15) is 38.2 Å². The summed E-state index contributed by atoms with van der Waals surface area (Å²) in [6.45, 7) is 6.09. The molecule has 0 aromatic heterocycles. The largest absolute Gasteiger partial charge is 0.371 e. The van der Waals surface area contributed by atoms with E-state index in [1.54, 1.807) is 0 Å². The lowest BCUT2D eigenvalue weighted by atomic mass is 9.99. The van der Waals surface area contributed by atoms with Crippen LogP contribution in [0.15, 0.2) is 48.5 Å². The molecule has 0 bridgehead atoms. The Labute approximate surface area is 184 Å². The highest BCUT2D eigenvalue weighted by Crippen LogP contribution is 2.25. The maximum Gasteiger partial charge on any atom is 0.227 e. The van der Waals surface area contributed by atoms with E-state index in [-0.39, 0.29) is 5.91 Å². The zero-order valence-corrected chi connectivity index (χ0v) is 18.4. The Kier molecular flexibility index (Phi) is 6.53. The summed E-state index contributed by atoms with van der Waals surface area (Å²) in [5.74, 6) is 0.959. The van der Waals surface area contributed by atoms with Gasteiger partial charge in [0.15, 0.2) is 5.11 Å². The predicted molar refractivity (Wildman–Crippen MR) is 128 cm³/mol. The standard InChI is InChI=1S/C24H30N4OS/c1-18-5-3-13-27(17-18)21-11-9-19(10-12-21)16-25-24(30)26-20-6-2-7-22(15-20)28-14-4-8-23(28)29/h2,6-7,9-12,15,18H,3-5,8,13-14,16-17H2,1H3,(H2,25,26,30)/t18-/m1/s1. The number of benzene rings is 2. The van der Waals surface area contributed by atoms with Crippen LogP contribution in [0, 0.1) is 5.92 Å². The predicted octanol–water partition coefficient (Wildman–Crippen LogP) is 4.54. The number of piperidine rings is 1. The molecule has 2 saturated heterocycles. The zero-order chi connectivity index (χ0) is 20.9. The number of carbonyl (C=O) groups excluding carboxylic acids is 1. The lowest BCUT2D eigenvalue weighted by Gasteiger charge is -2.32. The van der Waals surface area contributed by atoms with E-state index < -0.39 is 0 Å². The van der Waals surface area contributed by atoms with Gasteiger partial charge in [-0.05, 0) is 73.3 Å². The molecule has 0 unspecified atom stereocenters. The van der Waals surface area contributed by atoms with Crippen molar-refractivity contribution in [1.82, 2.24) is 5.32 Å². The van der Waals surface area contributed by atoms with E-state index in [1.807, 2.05) is 29.2 Å². The Morgan fingerprint density at radius 1 is 1.10 bits per heavy atom. The van der Waals surface area contributed by atoms with Crippen molar-refractivity contribution in [3.63, 3.8) is 0 Å². The zero-order valence-electron chi connectivity index (χ0n) is 17.6. The van der Waals surface area contributed by atoms with Crippen molar-refractivity contribution in [2.45, 2.75) is 39.2 Å². The van der Waals surface area contributed by atoms with E-state index >= 15 is 0 Å². The first kappa shape index (κ1) is 20.7. The van der Waals surface area contributed by atoms with Crippen molar-refractivity contribution >= 4 is 40.3 Å². The van der Waals surface area contributed by atoms with Crippen molar-refractivity contribution in [3.05, 3.63) is 54.1 Å². The van der Waals surface area contributed by atoms with Gasteiger partial charge in [-0.2, -0.15) is 0 Å². The molecule has 4 rings (SSSR count). The quantitative estimate of drug-likeness (QED) is 0.693. The van der Waals surface area contributed by atoms with Gasteiger partial charge in [0.2, 0.25) is 5.91 Å². The minimum absolute atomic E-state index is 0.190. The number of anilines is 3. The van der Waals surface area contributed by atoms with Crippen molar-refractivity contribution < 1.29 is 4.79 Å². The SMILES string of the molecule is C[C@@H]1CCCN(c2ccc(CNC(=S)Nc3cccc(N4CCCC4=O)c3)cc2)C1. The molecule has 2 fully saturated rings. The molecule has 5 nitrogen and oxygen atoms in total. The number of nitrogens with one attached hydrogen (secondary N) is 2. The third-order valence-corrected chi connectivity index (χ3v) is 6.15. The minimum atomic E-state index is 0.190. The highest BCUT2D eigenvalue weighted by Gasteiger charge is 2.21. The second kappa shape index (κ2) is 9.47. The first-order valence-corrected chi connectivity index (χ1v) is 11.3. The summed E-state index contributed by atoms with van der Waals surface area (Å²) >= 11 is 5.47. The number of amides is 1. The first-order valence-electron chi connectivity index (χ1n) is 10.9. The summed E-state index contributed by atoms with van der Waals surface area (Å²) in [5, 5.41) is 7.09. The smallest absolute Gasteiger partial charge is 0.227 e. The highest BCUT2D eigenvalue weighted by molar-refractivity contribution is 7.80. The van der Waals surface area contributed by atoms with E-state index in [4.69, 9.17) is 12.2 Å². The molecule has 1 atom stereocenters. The fourth-order valence-electron chi connectivity index (χ4n) is 4.28. The van der Waals surface area contributed by atoms with Crippen molar-refractivity contribution in [2.75, 3.05) is 34.8 Å². The molecule has 0 aliphatic carbocycles. The molecule has 2 aromatic rings. The monoisotopic (exact) mass is 422 g/mol. The van der Waals surface area contributed by atoms with Gasteiger partial charge in [-0.3, -0.25) is 4.79 Å². The summed E-state index contributed by atoms with van der Waals surface area (Å²) in [6, 6.07) is 16.6. The van der Waals surface area contributed by atoms with Crippen LogP contribution in [0.25, 0.3) is 0 Å². The molecule has 0 spiro atoms. The maximum absolute atomic E-state index is 12.0. The van der Waals surface area contributed by atoms with Gasteiger partial charge in [-0.25, -0.2) is 0 Å². The second-order valence-corrected chi connectivity index (χ2v) is 8.78. The average molecular weight is 423 g/mol. The molecule has 2 N–H and O–H groups in total. The molecule has 158 valence electrons. The van der Waals surface area contributed by atoms with Gasteiger partial charge >= 0.3 is 0 Å². The second-order valence-electron chi connectivity index (χ2n) is 8.37. The van der Waals surface area contributed by atoms with E-state index in [0.717, 1.165) is 43.3 Å². The summed E-state index contributed by atoms with van der Waals surface area (Å²) in [7, 11) is 0. The first-order chi connectivity index (χ1) is 14.6. The molecule has 1 amide bonds. The van der Waals surface area contributed by atoms with Gasteiger partial charge in [-0.1, -0.05) is 25.1 Å². The molecule has 0 radical (unpaired) electrons. The lowest BCUT2D eigenvalue weighted by Crippen LogP contribution is -2.34. The third-order valence-electron chi connectivity index (χ3n) is 5.90. The van der Waals surface area contributed by atoms with Crippen LogP contribution in [0.3, 0.4) is 0 Å². The Morgan fingerprint density at radius 3 is 2.67 bits per heavy atom. The summed E-state index contributed by atoms with van der Waals surface area (Å²) in [6.07, 6.45) is 4.16. The Balaban J connectivity index is 1.29. The number of rotatable bonds is 5. The fourth-order valence-corrected chi connectivity index (χ4v) is 4.47. The van der Waals surface area contributed by atoms with Crippen LogP contribution in [0.4, 0.5) is 17.1 Å². The number of thiocarbonyl (C=S) groups is 1. The normalized spacial score (nSPS) is 19.1. The van der Waals surface area contributed by atoms with Crippen LogP contribution < -0.4 is 20.4 Å². The number of hydrogen-bond donors (Lipinski definition) is 2. The molecule has 2 aliphatic rings. The molecular formula is C24H30N4OS. The van der Waals surface area contributed by atoms with Crippen LogP contribution in [0.5, 0.6) is 0 Å². The van der Waals surface area contributed by atoms with Crippen molar-refractivity contribution in [2.24, 2.45) is 5.92 Å². The molecule has 6 heteroatoms. The Bertz CT molecular complexity index is 898. The number of nitrogens with zero attached hydrogens (tertiary/aromatic N) is 2. The number of carbonyl (C=O) groups is 1. The van der Waals surface area contributed by atoms with Crippen LogP contribution in [-0.2, 0) is 11.3 Å². The summed E-state index contributed by atoms with van der Waals surface area (Å²) < 4.78 is 0. The molecule has 0 saturated carbocycles. The topological polar surface area (TPSA) is 47.6 Å². The van der Waals surface area contributed by atoms with E-state index in [0.29, 0.717) is 18.1 Å². The van der Waals surface area contributed by atoms with Crippen LogP contribution >= 0.6 is 12.2 Å². The van der Waals surface area contributed by atoms with Crippen molar-refractivity contribution in [3.8, 4) is 0 Å². The van der Waals surface area contributed by atoms with Crippen LogP contribution in [0.2, 0.25) is 0 Å². The molecule has 2 heterocycles. The lowest BCUT2D eigenvalue weighted by molar-refractivity contribution is -0.117. The van der Waals surface area contributed by atoms with Gasteiger partial charge < -0.3 is 20.4 Å². The molecule has 2 aliphatic heterocycles. The van der Waals surface area contributed by atoms with Crippen molar-refractivity contribution in [1.29, 1.82) is 0 Å².